The van der Waals surface area contributed by atoms with Crippen molar-refractivity contribution in [3.63, 3.8) is 0 Å². The number of ketones is 1. The summed E-state index contributed by atoms with van der Waals surface area (Å²) in [5, 5.41) is 11.9. The minimum absolute atomic E-state index is 0.00203. The highest BCUT2D eigenvalue weighted by molar-refractivity contribution is 7.13. The Labute approximate surface area is 86.4 Å². The van der Waals surface area contributed by atoms with Gasteiger partial charge in [-0.3, -0.25) is 4.79 Å². The van der Waals surface area contributed by atoms with Crippen molar-refractivity contribution in [1.82, 2.24) is 0 Å². The van der Waals surface area contributed by atoms with Gasteiger partial charge < -0.3 is 5.11 Å². The molecule has 0 bridgehead atoms. The maximum Gasteiger partial charge on any atom is 0.164 e. The number of nitrogens with zero attached hydrogens (tertiary/aromatic N) is 1. The molecular formula is C10H11NO2S. The Morgan fingerprint density at radius 1 is 1.57 bits per heavy atom. The first-order chi connectivity index (χ1) is 6.61. The molecule has 0 saturated carbocycles. The summed E-state index contributed by atoms with van der Waals surface area (Å²) in [5.41, 5.74) is 0.249. The van der Waals surface area contributed by atoms with Crippen molar-refractivity contribution in [2.24, 2.45) is 4.99 Å². The highest BCUT2D eigenvalue weighted by Gasteiger charge is 2.04. The SMILES string of the molecule is CC(=O)C(/C=N/c1cccs1)=C(/C)O. The Balaban J connectivity index is 2.86. The van der Waals surface area contributed by atoms with Crippen molar-refractivity contribution in [3.05, 3.63) is 28.8 Å². The smallest absolute Gasteiger partial charge is 0.164 e. The third-order valence-electron chi connectivity index (χ3n) is 1.60. The van der Waals surface area contributed by atoms with Gasteiger partial charge in [-0.25, -0.2) is 4.99 Å². The van der Waals surface area contributed by atoms with Crippen LogP contribution in [0.4, 0.5) is 5.00 Å². The number of aliphatic hydroxyl groups is 1. The first-order valence-electron chi connectivity index (χ1n) is 4.09. The first-order valence-corrected chi connectivity index (χ1v) is 4.97. The number of aliphatic hydroxyl groups excluding tert-OH is 1. The Morgan fingerprint density at radius 2 is 2.29 bits per heavy atom. The lowest BCUT2D eigenvalue weighted by Gasteiger charge is -1.96. The standard InChI is InChI=1S/C10H11NO2S/c1-7(12)9(8(2)13)6-11-10-4-3-5-14-10/h3-6,12H,1-2H3/b9-7-,11-6+. The van der Waals surface area contributed by atoms with Gasteiger partial charge in [-0.05, 0) is 31.4 Å². The summed E-state index contributed by atoms with van der Waals surface area (Å²) < 4.78 is 0. The molecule has 74 valence electrons. The van der Waals surface area contributed by atoms with Gasteiger partial charge in [-0.15, -0.1) is 11.3 Å². The zero-order valence-corrected chi connectivity index (χ0v) is 8.84. The molecule has 1 aromatic heterocycles. The topological polar surface area (TPSA) is 49.7 Å². The number of carbonyl (C=O) groups excluding carboxylic acids is 1. The third kappa shape index (κ3) is 2.81. The van der Waals surface area contributed by atoms with Gasteiger partial charge >= 0.3 is 0 Å². The Kier molecular flexibility index (Phi) is 3.59. The fraction of sp³-hybridized carbons (Fsp3) is 0.200. The molecule has 1 aromatic rings. The second-order valence-electron chi connectivity index (χ2n) is 2.76. The molecule has 1 N–H and O–H groups in total. The van der Waals surface area contributed by atoms with Crippen LogP contribution >= 0.6 is 11.3 Å². The second-order valence-corrected chi connectivity index (χ2v) is 3.69. The number of allylic oxidation sites excluding steroid dienone is 2. The van der Waals surface area contributed by atoms with E-state index in [0.29, 0.717) is 0 Å². The summed E-state index contributed by atoms with van der Waals surface area (Å²) in [7, 11) is 0. The van der Waals surface area contributed by atoms with E-state index in [0.717, 1.165) is 5.00 Å². The molecule has 0 fully saturated rings. The molecule has 0 atom stereocenters. The molecule has 3 nitrogen and oxygen atoms in total. The summed E-state index contributed by atoms with van der Waals surface area (Å²) in [4.78, 5) is 15.1. The highest BCUT2D eigenvalue weighted by Crippen LogP contribution is 2.18. The summed E-state index contributed by atoms with van der Waals surface area (Å²) in [6.07, 6.45) is 1.39. The minimum atomic E-state index is -0.190. The predicted molar refractivity (Wildman–Crippen MR) is 58.5 cm³/mol. The predicted octanol–water partition coefficient (Wildman–Crippen LogP) is 2.87. The van der Waals surface area contributed by atoms with E-state index in [1.165, 1.54) is 31.4 Å². The Hall–Kier alpha value is -1.42. The van der Waals surface area contributed by atoms with Crippen molar-refractivity contribution < 1.29 is 9.90 Å². The molecule has 14 heavy (non-hydrogen) atoms. The van der Waals surface area contributed by atoms with E-state index in [2.05, 4.69) is 4.99 Å². The quantitative estimate of drug-likeness (QED) is 0.472. The molecule has 0 aliphatic carbocycles. The van der Waals surface area contributed by atoms with Gasteiger partial charge in [0.15, 0.2) is 5.78 Å². The van der Waals surface area contributed by atoms with E-state index in [-0.39, 0.29) is 17.1 Å². The van der Waals surface area contributed by atoms with Crippen LogP contribution in [0.1, 0.15) is 13.8 Å². The molecule has 0 radical (unpaired) electrons. The van der Waals surface area contributed by atoms with Crippen LogP contribution in [0.25, 0.3) is 0 Å². The van der Waals surface area contributed by atoms with Crippen LogP contribution in [0.3, 0.4) is 0 Å². The molecule has 4 heteroatoms. The number of thiophene rings is 1. The van der Waals surface area contributed by atoms with Gasteiger partial charge in [0.25, 0.3) is 0 Å². The molecular weight excluding hydrogens is 198 g/mol. The van der Waals surface area contributed by atoms with Gasteiger partial charge in [0.1, 0.15) is 10.8 Å². The fourth-order valence-electron chi connectivity index (χ4n) is 0.911. The van der Waals surface area contributed by atoms with Gasteiger partial charge in [-0.2, -0.15) is 0 Å². The zero-order valence-electron chi connectivity index (χ0n) is 8.02. The number of carbonyl (C=O) groups is 1. The molecule has 0 aliphatic rings. The van der Waals surface area contributed by atoms with Crippen LogP contribution in [0.5, 0.6) is 0 Å². The van der Waals surface area contributed by atoms with Crippen LogP contribution in [0.15, 0.2) is 33.8 Å². The van der Waals surface area contributed by atoms with Crippen LogP contribution in [-0.2, 0) is 4.79 Å². The molecule has 1 heterocycles. The van der Waals surface area contributed by atoms with E-state index in [9.17, 15) is 9.90 Å². The fourth-order valence-corrected chi connectivity index (χ4v) is 1.48. The number of aliphatic imine (C=N–C) groups is 1. The number of hydrogen-bond acceptors (Lipinski definition) is 4. The normalized spacial score (nSPS) is 13.0. The monoisotopic (exact) mass is 209 g/mol. The maximum absolute atomic E-state index is 11.0. The number of hydrogen-bond donors (Lipinski definition) is 1. The van der Waals surface area contributed by atoms with Crippen LogP contribution in [-0.4, -0.2) is 17.1 Å². The molecule has 1 rings (SSSR count). The Bertz CT molecular complexity index is 373. The van der Waals surface area contributed by atoms with E-state index in [1.807, 2.05) is 17.5 Å². The minimum Gasteiger partial charge on any atom is -0.512 e. The Morgan fingerprint density at radius 3 is 2.71 bits per heavy atom. The molecule has 0 unspecified atom stereocenters. The number of rotatable bonds is 3. The van der Waals surface area contributed by atoms with Gasteiger partial charge in [0.05, 0.1) is 5.57 Å². The largest absolute Gasteiger partial charge is 0.512 e. The highest BCUT2D eigenvalue weighted by atomic mass is 32.1. The van der Waals surface area contributed by atoms with E-state index >= 15 is 0 Å². The van der Waals surface area contributed by atoms with Crippen molar-refractivity contribution in [2.75, 3.05) is 0 Å². The second kappa shape index (κ2) is 4.72. The molecule has 0 saturated heterocycles. The van der Waals surface area contributed by atoms with E-state index in [1.54, 1.807) is 0 Å². The lowest BCUT2D eigenvalue weighted by molar-refractivity contribution is -0.113. The summed E-state index contributed by atoms with van der Waals surface area (Å²) in [6.45, 7) is 2.87. The van der Waals surface area contributed by atoms with E-state index < -0.39 is 0 Å². The van der Waals surface area contributed by atoms with Crippen molar-refractivity contribution in [1.29, 1.82) is 0 Å². The van der Waals surface area contributed by atoms with Crippen molar-refractivity contribution in [2.45, 2.75) is 13.8 Å². The molecule has 0 amide bonds. The van der Waals surface area contributed by atoms with E-state index in [4.69, 9.17) is 0 Å². The van der Waals surface area contributed by atoms with Crippen LogP contribution in [0, 0.1) is 0 Å². The molecule has 0 aromatic carbocycles. The lowest BCUT2D eigenvalue weighted by Crippen LogP contribution is -2.00. The zero-order chi connectivity index (χ0) is 10.6. The van der Waals surface area contributed by atoms with Crippen LogP contribution in [0.2, 0.25) is 0 Å². The summed E-state index contributed by atoms with van der Waals surface area (Å²) >= 11 is 1.47. The van der Waals surface area contributed by atoms with Gasteiger partial charge in [0.2, 0.25) is 0 Å². The average Bonchev–Trinajstić information content (AvgIpc) is 2.55. The van der Waals surface area contributed by atoms with Crippen molar-refractivity contribution in [3.8, 4) is 0 Å². The lowest BCUT2D eigenvalue weighted by atomic mass is 10.2. The number of Topliss-reactive ketones (excluding diaryl/α,β-unsaturated/α-hetero) is 1. The first kappa shape index (κ1) is 10.7. The third-order valence-corrected chi connectivity index (χ3v) is 2.37. The summed E-state index contributed by atoms with van der Waals surface area (Å²) in [6, 6.07) is 3.71. The summed E-state index contributed by atoms with van der Waals surface area (Å²) in [5.74, 6) is -0.192. The van der Waals surface area contributed by atoms with Crippen molar-refractivity contribution >= 4 is 28.3 Å². The van der Waals surface area contributed by atoms with Gasteiger partial charge in [0, 0.05) is 6.21 Å². The van der Waals surface area contributed by atoms with Crippen LogP contribution < -0.4 is 0 Å². The molecule has 0 aliphatic heterocycles. The molecule has 0 spiro atoms. The maximum atomic E-state index is 11.0. The average molecular weight is 209 g/mol. The van der Waals surface area contributed by atoms with Gasteiger partial charge in [-0.1, -0.05) is 0 Å².